The van der Waals surface area contributed by atoms with Gasteiger partial charge in [0, 0.05) is 36.6 Å². The summed E-state index contributed by atoms with van der Waals surface area (Å²) in [6.45, 7) is 1.59. The van der Waals surface area contributed by atoms with Crippen molar-refractivity contribution in [3.8, 4) is 22.5 Å². The maximum absolute atomic E-state index is 13.7. The number of ether oxygens (including phenoxy) is 1. The minimum absolute atomic E-state index is 0.0350. The first-order chi connectivity index (χ1) is 16.0. The molecule has 0 radical (unpaired) electrons. The van der Waals surface area contributed by atoms with E-state index in [1.165, 1.54) is 12.3 Å². The van der Waals surface area contributed by atoms with E-state index in [0.717, 1.165) is 12.5 Å². The second-order valence-electron chi connectivity index (χ2n) is 7.30. The number of nitrogens with zero attached hydrogens (tertiary/aromatic N) is 6. The summed E-state index contributed by atoms with van der Waals surface area (Å²) in [5, 5.41) is 0. The largest absolute Gasteiger partial charge is 0.434 e. The Balaban J connectivity index is 1.94. The molecule has 0 bridgehead atoms. The first kappa shape index (κ1) is 23.6. The third-order valence-corrected chi connectivity index (χ3v) is 5.29. The summed E-state index contributed by atoms with van der Waals surface area (Å²) in [6.07, 6.45) is -1.55. The van der Waals surface area contributed by atoms with Crippen molar-refractivity contribution in [1.29, 1.82) is 0 Å². The molecule has 3 N–H and O–H groups in total. The fourth-order valence-corrected chi connectivity index (χ4v) is 3.80. The number of nitrogens with two attached hydrogens (primary N) is 1. The van der Waals surface area contributed by atoms with Gasteiger partial charge in [0.2, 0.25) is 21.9 Å². The summed E-state index contributed by atoms with van der Waals surface area (Å²) >= 11 is 0. The Morgan fingerprint density at radius 2 is 1.76 bits per heavy atom. The van der Waals surface area contributed by atoms with Gasteiger partial charge >= 0.3 is 6.18 Å². The van der Waals surface area contributed by atoms with Crippen LogP contribution in [-0.2, 0) is 20.9 Å². The van der Waals surface area contributed by atoms with Gasteiger partial charge in [0.05, 0.1) is 30.9 Å². The molecular formula is C19H19F3N8O3S. The van der Waals surface area contributed by atoms with Gasteiger partial charge in [-0.05, 0) is 18.2 Å². The van der Waals surface area contributed by atoms with Crippen LogP contribution in [-0.4, -0.2) is 65.9 Å². The van der Waals surface area contributed by atoms with Crippen LogP contribution >= 0.6 is 0 Å². The summed E-state index contributed by atoms with van der Waals surface area (Å²) in [5.41, 5.74) is 4.02. The monoisotopic (exact) mass is 496 g/mol. The summed E-state index contributed by atoms with van der Waals surface area (Å²) < 4.78 is 72.5. The van der Waals surface area contributed by atoms with Gasteiger partial charge in [0.15, 0.2) is 5.69 Å². The standard InChI is InChI=1S/C19H19F3N8O3S/c1-34(31,32)29-16-11(3-2-4-24-16)13-9-14(27-18(26-13)30-5-7-33-8-6-30)12-10-25-17(23)28-15(12)19(20,21)22/h2-4,9-10H,5-8H2,1H3,(H,24,29)(H2,23,25,28). The molecular weight excluding hydrogens is 477 g/mol. The molecule has 34 heavy (non-hydrogen) atoms. The van der Waals surface area contributed by atoms with Gasteiger partial charge in [-0.25, -0.2) is 33.3 Å². The Kier molecular flexibility index (Phi) is 6.22. The fourth-order valence-electron chi connectivity index (χ4n) is 3.28. The molecule has 15 heteroatoms. The summed E-state index contributed by atoms with van der Waals surface area (Å²) in [7, 11) is -3.70. The van der Waals surface area contributed by atoms with Crippen LogP contribution in [0, 0.1) is 0 Å². The Bertz CT molecular complexity index is 1310. The number of nitrogens with one attached hydrogen (secondary N) is 1. The zero-order valence-electron chi connectivity index (χ0n) is 17.7. The van der Waals surface area contributed by atoms with Gasteiger partial charge < -0.3 is 15.4 Å². The van der Waals surface area contributed by atoms with Crippen LogP contribution in [0.1, 0.15) is 5.69 Å². The minimum atomic E-state index is -4.83. The third kappa shape index (κ3) is 5.31. The number of hydrogen-bond acceptors (Lipinski definition) is 10. The highest BCUT2D eigenvalue weighted by Crippen LogP contribution is 2.37. The molecule has 1 aliphatic heterocycles. The summed E-state index contributed by atoms with van der Waals surface area (Å²) in [5.74, 6) is -0.437. The van der Waals surface area contributed by atoms with Crippen LogP contribution in [0.5, 0.6) is 0 Å². The van der Waals surface area contributed by atoms with Gasteiger partial charge in [-0.15, -0.1) is 0 Å². The molecule has 0 unspecified atom stereocenters. The molecule has 1 saturated heterocycles. The Morgan fingerprint density at radius 3 is 2.41 bits per heavy atom. The highest BCUT2D eigenvalue weighted by molar-refractivity contribution is 7.92. The van der Waals surface area contributed by atoms with E-state index < -0.39 is 33.4 Å². The number of nitrogen functional groups attached to an aromatic ring is 1. The second-order valence-corrected chi connectivity index (χ2v) is 9.05. The van der Waals surface area contributed by atoms with Crippen LogP contribution in [0.2, 0.25) is 0 Å². The topological polar surface area (TPSA) is 149 Å². The van der Waals surface area contributed by atoms with Crippen LogP contribution < -0.4 is 15.4 Å². The van der Waals surface area contributed by atoms with Crippen LogP contribution in [0.4, 0.5) is 30.9 Å². The number of rotatable bonds is 5. The van der Waals surface area contributed by atoms with Crippen LogP contribution in [0.3, 0.4) is 0 Å². The first-order valence-electron chi connectivity index (χ1n) is 9.86. The van der Waals surface area contributed by atoms with Gasteiger partial charge in [0.1, 0.15) is 5.82 Å². The lowest BCUT2D eigenvalue weighted by Crippen LogP contribution is -2.37. The molecule has 0 spiro atoms. The molecule has 0 aliphatic carbocycles. The number of hydrogen-bond donors (Lipinski definition) is 2. The Morgan fingerprint density at radius 1 is 1.09 bits per heavy atom. The van der Waals surface area contributed by atoms with Gasteiger partial charge in [-0.3, -0.25) is 4.72 Å². The molecule has 0 saturated carbocycles. The molecule has 3 aromatic heterocycles. The average molecular weight is 496 g/mol. The van der Waals surface area contributed by atoms with Crippen molar-refractivity contribution in [2.24, 2.45) is 0 Å². The van der Waals surface area contributed by atoms with E-state index in [-0.39, 0.29) is 28.7 Å². The summed E-state index contributed by atoms with van der Waals surface area (Å²) in [6, 6.07) is 4.38. The van der Waals surface area contributed by atoms with E-state index >= 15 is 0 Å². The molecule has 11 nitrogen and oxygen atoms in total. The van der Waals surface area contributed by atoms with E-state index in [4.69, 9.17) is 10.5 Å². The van der Waals surface area contributed by atoms with Crippen molar-refractivity contribution in [3.05, 3.63) is 36.3 Å². The van der Waals surface area contributed by atoms with E-state index in [1.807, 2.05) is 0 Å². The molecule has 180 valence electrons. The second kappa shape index (κ2) is 8.98. The van der Waals surface area contributed by atoms with Gasteiger partial charge in [0.25, 0.3) is 0 Å². The fraction of sp³-hybridized carbons (Fsp3) is 0.316. The highest BCUT2D eigenvalue weighted by Gasteiger charge is 2.37. The van der Waals surface area contributed by atoms with E-state index in [9.17, 15) is 21.6 Å². The van der Waals surface area contributed by atoms with Crippen molar-refractivity contribution < 1.29 is 26.3 Å². The minimum Gasteiger partial charge on any atom is -0.378 e. The molecule has 1 fully saturated rings. The number of morpholine rings is 1. The Hall–Kier alpha value is -3.59. The molecule has 4 heterocycles. The molecule has 3 aromatic rings. The van der Waals surface area contributed by atoms with Gasteiger partial charge in [-0.1, -0.05) is 0 Å². The van der Waals surface area contributed by atoms with Crippen LogP contribution in [0.15, 0.2) is 30.6 Å². The predicted octanol–water partition coefficient (Wildman–Crippen LogP) is 1.80. The maximum Gasteiger partial charge on any atom is 0.434 e. The normalized spacial score (nSPS) is 14.8. The lowest BCUT2D eigenvalue weighted by atomic mass is 10.1. The Labute approximate surface area is 192 Å². The molecule has 4 rings (SSSR count). The lowest BCUT2D eigenvalue weighted by Gasteiger charge is -2.27. The molecule has 0 atom stereocenters. The number of halogens is 3. The molecule has 0 amide bonds. The van der Waals surface area contributed by atoms with E-state index in [1.54, 1.807) is 17.0 Å². The average Bonchev–Trinajstić information content (AvgIpc) is 2.78. The van der Waals surface area contributed by atoms with Crippen LogP contribution in [0.25, 0.3) is 22.5 Å². The van der Waals surface area contributed by atoms with Crippen molar-refractivity contribution in [2.45, 2.75) is 6.18 Å². The zero-order valence-corrected chi connectivity index (χ0v) is 18.6. The molecule has 0 aromatic carbocycles. The maximum atomic E-state index is 13.7. The predicted molar refractivity (Wildman–Crippen MR) is 117 cm³/mol. The molecule has 1 aliphatic rings. The number of alkyl halides is 3. The number of pyridine rings is 1. The lowest BCUT2D eigenvalue weighted by molar-refractivity contribution is -0.140. The van der Waals surface area contributed by atoms with Gasteiger partial charge in [-0.2, -0.15) is 13.2 Å². The third-order valence-electron chi connectivity index (χ3n) is 4.73. The SMILES string of the molecule is CS(=O)(=O)Nc1ncccc1-c1cc(-c2cnc(N)nc2C(F)(F)F)nc(N2CCOCC2)n1. The van der Waals surface area contributed by atoms with Crippen molar-refractivity contribution in [1.82, 2.24) is 24.9 Å². The number of aromatic nitrogens is 5. The van der Waals surface area contributed by atoms with Crippen molar-refractivity contribution >= 4 is 27.7 Å². The quantitative estimate of drug-likeness (QED) is 0.535. The first-order valence-corrected chi connectivity index (χ1v) is 11.8. The van der Waals surface area contributed by atoms with Crippen molar-refractivity contribution in [3.63, 3.8) is 0 Å². The zero-order chi connectivity index (χ0) is 24.5. The number of sulfonamides is 1. The van der Waals surface area contributed by atoms with E-state index in [0.29, 0.717) is 26.3 Å². The smallest absolute Gasteiger partial charge is 0.378 e. The number of anilines is 3. The highest BCUT2D eigenvalue weighted by atomic mass is 32.2. The van der Waals surface area contributed by atoms with E-state index in [2.05, 4.69) is 29.6 Å². The summed E-state index contributed by atoms with van der Waals surface area (Å²) in [4.78, 5) is 21.7. The van der Waals surface area contributed by atoms with Crippen molar-refractivity contribution in [2.75, 3.05) is 47.9 Å².